The molecule has 1 aliphatic heterocycles. The predicted octanol–water partition coefficient (Wildman–Crippen LogP) is 2.37. The molecule has 0 saturated carbocycles. The lowest BCUT2D eigenvalue weighted by atomic mass is 9.96. The lowest BCUT2D eigenvalue weighted by Gasteiger charge is -2.25. The Bertz CT molecular complexity index is 324. The summed E-state index contributed by atoms with van der Waals surface area (Å²) in [6.45, 7) is 5.81. The molecule has 0 unspecified atom stereocenters. The van der Waals surface area contributed by atoms with Crippen LogP contribution in [0.3, 0.4) is 0 Å². The molecule has 0 amide bonds. The summed E-state index contributed by atoms with van der Waals surface area (Å²) in [4.78, 5) is 1.30. The molecule has 1 aliphatic rings. The van der Waals surface area contributed by atoms with Gasteiger partial charge in [0.1, 0.15) is 0 Å². The molecule has 0 aromatic heterocycles. The van der Waals surface area contributed by atoms with Crippen LogP contribution in [0.2, 0.25) is 0 Å². The minimum absolute atomic E-state index is 0.247. The van der Waals surface area contributed by atoms with E-state index in [1.807, 2.05) is 25.6 Å². The van der Waals surface area contributed by atoms with Gasteiger partial charge < -0.3 is 10.5 Å². The summed E-state index contributed by atoms with van der Waals surface area (Å²) in [5.74, 6) is 0. The van der Waals surface area contributed by atoms with Crippen molar-refractivity contribution in [2.24, 2.45) is 5.73 Å². The molecule has 1 aromatic rings. The Balaban J connectivity index is 2.03. The van der Waals surface area contributed by atoms with Gasteiger partial charge in [-0.1, -0.05) is 12.1 Å². The molecular formula is C12H17NOS. The van der Waals surface area contributed by atoms with Crippen molar-refractivity contribution < 1.29 is 4.74 Å². The average Bonchev–Trinajstić information content (AvgIpc) is 2.11. The first-order valence-electron chi connectivity index (χ1n) is 5.19. The van der Waals surface area contributed by atoms with Crippen molar-refractivity contribution >= 4 is 11.8 Å². The lowest BCUT2D eigenvalue weighted by Crippen LogP contribution is -2.30. The highest BCUT2D eigenvalue weighted by Crippen LogP contribution is 2.29. The second-order valence-electron chi connectivity index (χ2n) is 4.52. The third-order valence-electron chi connectivity index (χ3n) is 2.51. The third kappa shape index (κ3) is 2.74. The van der Waals surface area contributed by atoms with Crippen LogP contribution in [0.4, 0.5) is 0 Å². The number of benzene rings is 1. The first kappa shape index (κ1) is 11.0. The van der Waals surface area contributed by atoms with Crippen LogP contribution in [-0.4, -0.2) is 18.5 Å². The topological polar surface area (TPSA) is 35.2 Å². The van der Waals surface area contributed by atoms with Crippen LogP contribution in [0.5, 0.6) is 0 Å². The fourth-order valence-electron chi connectivity index (χ4n) is 1.44. The monoisotopic (exact) mass is 223 g/mol. The number of ether oxygens (including phenoxy) is 1. The van der Waals surface area contributed by atoms with E-state index in [0.717, 1.165) is 13.2 Å². The summed E-state index contributed by atoms with van der Waals surface area (Å²) in [5, 5.41) is 0.640. The van der Waals surface area contributed by atoms with Crippen molar-refractivity contribution in [3.63, 3.8) is 0 Å². The van der Waals surface area contributed by atoms with E-state index >= 15 is 0 Å². The minimum Gasteiger partial charge on any atom is -0.379 e. The van der Waals surface area contributed by atoms with Gasteiger partial charge in [-0.15, -0.1) is 11.8 Å². The van der Waals surface area contributed by atoms with E-state index in [1.165, 1.54) is 10.5 Å². The second-order valence-corrected chi connectivity index (χ2v) is 5.90. The molecule has 1 heterocycles. The minimum atomic E-state index is -0.247. The van der Waals surface area contributed by atoms with Crippen molar-refractivity contribution in [2.45, 2.75) is 29.5 Å². The molecule has 0 radical (unpaired) electrons. The molecule has 1 saturated heterocycles. The van der Waals surface area contributed by atoms with Crippen LogP contribution in [0.25, 0.3) is 0 Å². The fraction of sp³-hybridized carbons (Fsp3) is 0.500. The zero-order valence-electron chi connectivity index (χ0n) is 9.19. The van der Waals surface area contributed by atoms with Crippen LogP contribution >= 0.6 is 11.8 Å². The molecule has 15 heavy (non-hydrogen) atoms. The van der Waals surface area contributed by atoms with Crippen LogP contribution in [0, 0.1) is 0 Å². The number of rotatable bonds is 3. The summed E-state index contributed by atoms with van der Waals surface area (Å²) < 4.78 is 5.14. The Morgan fingerprint density at radius 3 is 2.27 bits per heavy atom. The molecule has 2 nitrogen and oxygen atoms in total. The molecule has 0 spiro atoms. The van der Waals surface area contributed by atoms with Gasteiger partial charge in [-0.25, -0.2) is 0 Å². The highest BCUT2D eigenvalue weighted by atomic mass is 32.2. The maximum Gasteiger partial charge on any atom is 0.0611 e. The van der Waals surface area contributed by atoms with Gasteiger partial charge in [0.25, 0.3) is 0 Å². The zero-order valence-corrected chi connectivity index (χ0v) is 10.0. The van der Waals surface area contributed by atoms with Crippen LogP contribution < -0.4 is 5.73 Å². The lowest BCUT2D eigenvalue weighted by molar-refractivity contribution is 0.0455. The first-order valence-corrected chi connectivity index (χ1v) is 6.07. The summed E-state index contributed by atoms with van der Waals surface area (Å²) in [5.41, 5.74) is 6.95. The van der Waals surface area contributed by atoms with Crippen LogP contribution in [-0.2, 0) is 10.3 Å². The SMILES string of the molecule is CC(C)(N)c1ccc(SC2COC2)cc1. The van der Waals surface area contributed by atoms with E-state index in [0.29, 0.717) is 5.25 Å². The number of hydrogen-bond donors (Lipinski definition) is 1. The van der Waals surface area contributed by atoms with Gasteiger partial charge in [-0.3, -0.25) is 0 Å². The van der Waals surface area contributed by atoms with E-state index in [9.17, 15) is 0 Å². The molecule has 2 N–H and O–H groups in total. The molecule has 0 atom stereocenters. The van der Waals surface area contributed by atoms with Gasteiger partial charge in [0.15, 0.2) is 0 Å². The van der Waals surface area contributed by atoms with E-state index in [-0.39, 0.29) is 5.54 Å². The van der Waals surface area contributed by atoms with E-state index in [4.69, 9.17) is 10.5 Å². The van der Waals surface area contributed by atoms with Crippen molar-refractivity contribution in [1.82, 2.24) is 0 Å². The summed E-state index contributed by atoms with van der Waals surface area (Å²) in [7, 11) is 0. The molecule has 1 fully saturated rings. The van der Waals surface area contributed by atoms with Crippen molar-refractivity contribution in [1.29, 1.82) is 0 Å². The molecule has 1 aromatic carbocycles. The standard InChI is InChI=1S/C12H17NOS/c1-12(2,13)9-3-5-10(6-4-9)15-11-7-14-8-11/h3-6,11H,7-8,13H2,1-2H3. The van der Waals surface area contributed by atoms with Gasteiger partial charge in [-0.2, -0.15) is 0 Å². The van der Waals surface area contributed by atoms with E-state index in [2.05, 4.69) is 24.3 Å². The molecule has 0 aliphatic carbocycles. The Labute approximate surface area is 95.2 Å². The number of nitrogens with two attached hydrogens (primary N) is 1. The summed E-state index contributed by atoms with van der Waals surface area (Å²) >= 11 is 1.88. The summed E-state index contributed by atoms with van der Waals surface area (Å²) in [6, 6.07) is 8.52. The predicted molar refractivity (Wildman–Crippen MR) is 64.1 cm³/mol. The smallest absolute Gasteiger partial charge is 0.0611 e. The first-order chi connectivity index (χ1) is 7.05. The Morgan fingerprint density at radius 2 is 1.87 bits per heavy atom. The van der Waals surface area contributed by atoms with Gasteiger partial charge in [0.05, 0.1) is 18.5 Å². The highest BCUT2D eigenvalue weighted by Gasteiger charge is 2.20. The molecule has 2 rings (SSSR count). The summed E-state index contributed by atoms with van der Waals surface area (Å²) in [6.07, 6.45) is 0. The van der Waals surface area contributed by atoms with E-state index in [1.54, 1.807) is 0 Å². The number of hydrogen-bond acceptors (Lipinski definition) is 3. The zero-order chi connectivity index (χ0) is 10.9. The van der Waals surface area contributed by atoms with Crippen LogP contribution in [0.1, 0.15) is 19.4 Å². The van der Waals surface area contributed by atoms with E-state index < -0.39 is 0 Å². The van der Waals surface area contributed by atoms with Crippen molar-refractivity contribution in [3.05, 3.63) is 29.8 Å². The third-order valence-corrected chi connectivity index (χ3v) is 3.66. The second kappa shape index (κ2) is 4.16. The van der Waals surface area contributed by atoms with Gasteiger partial charge in [0, 0.05) is 10.4 Å². The highest BCUT2D eigenvalue weighted by molar-refractivity contribution is 8.00. The van der Waals surface area contributed by atoms with Gasteiger partial charge in [-0.05, 0) is 31.5 Å². The van der Waals surface area contributed by atoms with Crippen molar-refractivity contribution in [2.75, 3.05) is 13.2 Å². The maximum absolute atomic E-state index is 6.02. The Kier molecular flexibility index (Phi) is 3.05. The largest absolute Gasteiger partial charge is 0.379 e. The molecule has 82 valence electrons. The molecule has 3 heteroatoms. The Morgan fingerprint density at radius 1 is 1.27 bits per heavy atom. The fourth-order valence-corrected chi connectivity index (χ4v) is 2.44. The molecule has 0 bridgehead atoms. The Hall–Kier alpha value is -0.510. The average molecular weight is 223 g/mol. The normalized spacial score (nSPS) is 17.5. The van der Waals surface area contributed by atoms with Gasteiger partial charge >= 0.3 is 0 Å². The van der Waals surface area contributed by atoms with Crippen LogP contribution in [0.15, 0.2) is 29.2 Å². The maximum atomic E-state index is 6.02. The van der Waals surface area contributed by atoms with Crippen molar-refractivity contribution in [3.8, 4) is 0 Å². The van der Waals surface area contributed by atoms with Gasteiger partial charge in [0.2, 0.25) is 0 Å². The quantitative estimate of drug-likeness (QED) is 0.854. The number of thioether (sulfide) groups is 1. The molecular weight excluding hydrogens is 206 g/mol.